The maximum atomic E-state index is 10.7. The molecule has 0 N–H and O–H groups in total. The van der Waals surface area contributed by atoms with Crippen molar-refractivity contribution in [1.82, 2.24) is 4.90 Å². The first-order valence-electron chi connectivity index (χ1n) is 4.09. The lowest BCUT2D eigenvalue weighted by molar-refractivity contribution is -0.131. The average molecular weight is 285 g/mol. The zero-order valence-corrected chi connectivity index (χ0v) is 10.00. The van der Waals surface area contributed by atoms with Gasteiger partial charge in [0.05, 0.1) is 0 Å². The summed E-state index contributed by atoms with van der Waals surface area (Å²) in [7, 11) is 2.06. The van der Waals surface area contributed by atoms with E-state index in [9.17, 15) is 4.79 Å². The lowest BCUT2D eigenvalue weighted by Crippen LogP contribution is -2.27. The first-order chi connectivity index (χ1) is 5.57. The van der Waals surface area contributed by atoms with E-state index in [-0.39, 0.29) is 5.97 Å². The van der Waals surface area contributed by atoms with Crippen molar-refractivity contribution >= 4 is 29.0 Å². The van der Waals surface area contributed by atoms with Crippen LogP contribution in [0.1, 0.15) is 26.7 Å². The van der Waals surface area contributed by atoms with Gasteiger partial charge in [0.2, 0.25) is 0 Å². The molecule has 0 aliphatic heterocycles. The van der Waals surface area contributed by atoms with Crippen LogP contribution in [0.4, 0.5) is 0 Å². The van der Waals surface area contributed by atoms with Crippen molar-refractivity contribution in [2.24, 2.45) is 0 Å². The monoisotopic (exact) mass is 285 g/mol. The quantitative estimate of drug-likeness (QED) is 0.724. The molecule has 12 heavy (non-hydrogen) atoms. The predicted octanol–water partition coefficient (Wildman–Crippen LogP) is 2.00. The number of carbonyl (C=O) groups is 1. The minimum atomic E-state index is -0.132. The van der Waals surface area contributed by atoms with Crippen molar-refractivity contribution in [2.45, 2.75) is 32.7 Å². The van der Waals surface area contributed by atoms with Gasteiger partial charge < -0.3 is 7.97 Å². The van der Waals surface area contributed by atoms with Gasteiger partial charge in [0.15, 0.2) is 23.0 Å². The molecular weight excluding hydrogens is 269 g/mol. The Bertz CT molecular complexity index is 139. The Hall–Kier alpha value is 0.160. The standard InChI is InChI=1S/C8H16INO2/c1-7(2)10(3)6-4-5-8(11)12-9/h7H,4-6H2,1-3H3. The number of carbonyl (C=O) groups excluding carboxylic acids is 1. The van der Waals surface area contributed by atoms with Crippen LogP contribution in [0.25, 0.3) is 0 Å². The van der Waals surface area contributed by atoms with E-state index in [0.29, 0.717) is 12.5 Å². The Kier molecular flexibility index (Phi) is 6.74. The molecule has 3 nitrogen and oxygen atoms in total. The zero-order valence-electron chi connectivity index (χ0n) is 7.84. The van der Waals surface area contributed by atoms with Crippen LogP contribution >= 0.6 is 23.0 Å². The summed E-state index contributed by atoms with van der Waals surface area (Å²) in [6, 6.07) is 0.542. The summed E-state index contributed by atoms with van der Waals surface area (Å²) in [5, 5.41) is 0. The topological polar surface area (TPSA) is 29.5 Å². The molecule has 0 rings (SSSR count). The van der Waals surface area contributed by atoms with Crippen LogP contribution in [-0.2, 0) is 7.86 Å². The molecule has 0 aromatic heterocycles. The van der Waals surface area contributed by atoms with Crippen molar-refractivity contribution < 1.29 is 7.86 Å². The van der Waals surface area contributed by atoms with Crippen LogP contribution in [0.2, 0.25) is 0 Å². The zero-order chi connectivity index (χ0) is 9.56. The summed E-state index contributed by atoms with van der Waals surface area (Å²) in [6.07, 6.45) is 1.39. The van der Waals surface area contributed by atoms with E-state index in [1.807, 2.05) is 0 Å². The highest BCUT2D eigenvalue weighted by atomic mass is 127. The number of hydrogen-bond donors (Lipinski definition) is 0. The molecule has 0 radical (unpaired) electrons. The second-order valence-corrected chi connectivity index (χ2v) is 3.57. The van der Waals surface area contributed by atoms with Gasteiger partial charge in [-0.2, -0.15) is 0 Å². The summed E-state index contributed by atoms with van der Waals surface area (Å²) < 4.78 is 4.51. The number of nitrogens with zero attached hydrogens (tertiary/aromatic N) is 1. The molecule has 72 valence electrons. The minimum absolute atomic E-state index is 0.132. The number of hydrogen-bond acceptors (Lipinski definition) is 3. The number of halogens is 1. The van der Waals surface area contributed by atoms with Gasteiger partial charge in [-0.05, 0) is 33.9 Å². The Morgan fingerprint density at radius 3 is 2.58 bits per heavy atom. The van der Waals surface area contributed by atoms with Gasteiger partial charge in [0.25, 0.3) is 0 Å². The third kappa shape index (κ3) is 5.77. The lowest BCUT2D eigenvalue weighted by atomic mass is 10.2. The normalized spacial score (nSPS) is 10.8. The van der Waals surface area contributed by atoms with E-state index in [2.05, 4.69) is 28.9 Å². The van der Waals surface area contributed by atoms with Crippen molar-refractivity contribution in [3.05, 3.63) is 0 Å². The minimum Gasteiger partial charge on any atom is -0.394 e. The molecule has 0 aromatic rings. The van der Waals surface area contributed by atoms with Crippen LogP contribution in [0.5, 0.6) is 0 Å². The Labute approximate surface area is 88.1 Å². The third-order valence-electron chi connectivity index (χ3n) is 1.86. The van der Waals surface area contributed by atoms with Crippen LogP contribution < -0.4 is 0 Å². The molecule has 0 saturated heterocycles. The van der Waals surface area contributed by atoms with Gasteiger partial charge in [0, 0.05) is 12.5 Å². The molecule has 0 spiro atoms. The maximum Gasteiger partial charge on any atom is 0.315 e. The van der Waals surface area contributed by atoms with Gasteiger partial charge in [-0.25, -0.2) is 0 Å². The van der Waals surface area contributed by atoms with Crippen molar-refractivity contribution in [3.63, 3.8) is 0 Å². The summed E-state index contributed by atoms with van der Waals surface area (Å²) in [4.78, 5) is 12.9. The van der Waals surface area contributed by atoms with Crippen LogP contribution in [0.3, 0.4) is 0 Å². The Morgan fingerprint density at radius 2 is 2.17 bits per heavy atom. The SMILES string of the molecule is CC(C)N(C)CCCC(=O)OI. The molecule has 0 amide bonds. The number of rotatable bonds is 5. The molecule has 0 bridgehead atoms. The molecule has 0 aliphatic rings. The van der Waals surface area contributed by atoms with Gasteiger partial charge in [-0.1, -0.05) is 0 Å². The van der Waals surface area contributed by atoms with E-state index >= 15 is 0 Å². The average Bonchev–Trinajstić information content (AvgIpc) is 2.03. The first kappa shape index (κ1) is 12.2. The van der Waals surface area contributed by atoms with Crippen molar-refractivity contribution in [3.8, 4) is 0 Å². The highest BCUT2D eigenvalue weighted by molar-refractivity contribution is 14.1. The van der Waals surface area contributed by atoms with E-state index in [1.54, 1.807) is 23.0 Å². The van der Waals surface area contributed by atoms with E-state index < -0.39 is 0 Å². The van der Waals surface area contributed by atoms with Crippen LogP contribution in [-0.4, -0.2) is 30.5 Å². The Balaban J connectivity index is 3.37. The van der Waals surface area contributed by atoms with Gasteiger partial charge >= 0.3 is 5.97 Å². The smallest absolute Gasteiger partial charge is 0.315 e. The van der Waals surface area contributed by atoms with Crippen molar-refractivity contribution in [2.75, 3.05) is 13.6 Å². The summed E-state index contributed by atoms with van der Waals surface area (Å²) >= 11 is 1.62. The van der Waals surface area contributed by atoms with E-state index in [4.69, 9.17) is 0 Å². The fraction of sp³-hybridized carbons (Fsp3) is 0.875. The lowest BCUT2D eigenvalue weighted by Gasteiger charge is -2.20. The molecule has 0 aromatic carbocycles. The summed E-state index contributed by atoms with van der Waals surface area (Å²) in [5.74, 6) is -0.132. The van der Waals surface area contributed by atoms with Gasteiger partial charge in [-0.15, -0.1) is 0 Å². The Morgan fingerprint density at radius 1 is 1.58 bits per heavy atom. The van der Waals surface area contributed by atoms with Crippen molar-refractivity contribution in [1.29, 1.82) is 0 Å². The van der Waals surface area contributed by atoms with E-state index in [0.717, 1.165) is 13.0 Å². The molecule has 0 saturated carbocycles. The largest absolute Gasteiger partial charge is 0.394 e. The summed E-state index contributed by atoms with van der Waals surface area (Å²) in [5.41, 5.74) is 0. The van der Waals surface area contributed by atoms with Crippen LogP contribution in [0.15, 0.2) is 0 Å². The fourth-order valence-electron chi connectivity index (χ4n) is 0.770. The second kappa shape index (κ2) is 6.65. The predicted molar refractivity (Wildman–Crippen MR) is 57.1 cm³/mol. The van der Waals surface area contributed by atoms with E-state index in [1.165, 1.54) is 0 Å². The maximum absolute atomic E-state index is 10.7. The van der Waals surface area contributed by atoms with Gasteiger partial charge in [-0.3, -0.25) is 4.79 Å². The molecule has 0 heterocycles. The molecule has 0 atom stereocenters. The summed E-state index contributed by atoms with van der Waals surface area (Å²) in [6.45, 7) is 5.22. The molecule has 4 heteroatoms. The highest BCUT2D eigenvalue weighted by Crippen LogP contribution is 2.00. The first-order valence-corrected chi connectivity index (χ1v) is 4.97. The molecule has 0 aliphatic carbocycles. The molecule has 0 unspecified atom stereocenters. The highest BCUT2D eigenvalue weighted by Gasteiger charge is 2.05. The van der Waals surface area contributed by atoms with Crippen LogP contribution in [0, 0.1) is 0 Å². The van der Waals surface area contributed by atoms with Gasteiger partial charge in [0.1, 0.15) is 0 Å². The molecule has 0 fully saturated rings. The molecular formula is C8H16INO2. The fourth-order valence-corrected chi connectivity index (χ4v) is 0.990. The third-order valence-corrected chi connectivity index (χ3v) is 2.35. The second-order valence-electron chi connectivity index (χ2n) is 3.13.